The number of rotatable bonds is 3. The maximum Gasteiger partial charge on any atom is 0.255 e. The molecule has 0 bridgehead atoms. The summed E-state index contributed by atoms with van der Waals surface area (Å²) in [6, 6.07) is 1.67. The van der Waals surface area contributed by atoms with Crippen LogP contribution in [-0.2, 0) is 4.79 Å². The molecular formula is C15H22N4O2. The third-order valence-corrected chi connectivity index (χ3v) is 3.84. The van der Waals surface area contributed by atoms with Crippen molar-refractivity contribution in [3.05, 3.63) is 23.5 Å². The number of hydrogen-bond donors (Lipinski definition) is 2. The predicted molar refractivity (Wildman–Crippen MR) is 80.7 cm³/mol. The molecule has 1 aromatic rings. The van der Waals surface area contributed by atoms with Gasteiger partial charge < -0.3 is 16.0 Å². The maximum absolute atomic E-state index is 12.5. The molecule has 1 aliphatic heterocycles. The zero-order valence-corrected chi connectivity index (χ0v) is 12.6. The minimum absolute atomic E-state index is 0.00839. The van der Waals surface area contributed by atoms with Crippen molar-refractivity contribution in [2.24, 2.45) is 5.92 Å². The Kier molecular flexibility index (Phi) is 4.77. The van der Waals surface area contributed by atoms with Crippen LogP contribution in [0.25, 0.3) is 0 Å². The Balaban J connectivity index is 2.00. The van der Waals surface area contributed by atoms with Crippen molar-refractivity contribution in [2.45, 2.75) is 26.7 Å². The van der Waals surface area contributed by atoms with Crippen molar-refractivity contribution in [1.82, 2.24) is 15.2 Å². The van der Waals surface area contributed by atoms with E-state index in [0.717, 1.165) is 0 Å². The fourth-order valence-corrected chi connectivity index (χ4v) is 2.60. The molecule has 0 aliphatic carbocycles. The third kappa shape index (κ3) is 3.51. The number of hydrogen-bond acceptors (Lipinski definition) is 4. The summed E-state index contributed by atoms with van der Waals surface area (Å²) in [6.07, 6.45) is 2.95. The summed E-state index contributed by atoms with van der Waals surface area (Å²) in [5, 5.41) is 2.84. The number of carbonyl (C=O) groups is 2. The molecule has 3 N–H and O–H groups in total. The number of piperidine rings is 1. The average Bonchev–Trinajstić information content (AvgIpc) is 2.49. The van der Waals surface area contributed by atoms with E-state index < -0.39 is 0 Å². The van der Waals surface area contributed by atoms with Gasteiger partial charge in [-0.1, -0.05) is 0 Å². The summed E-state index contributed by atoms with van der Waals surface area (Å²) in [5.41, 5.74) is 7.42. The molecule has 2 rings (SSSR count). The minimum Gasteiger partial charge on any atom is -0.397 e. The van der Waals surface area contributed by atoms with Gasteiger partial charge in [0.15, 0.2) is 0 Å². The normalized spacial score (nSPS) is 15.8. The predicted octanol–water partition coefficient (Wildman–Crippen LogP) is 0.961. The van der Waals surface area contributed by atoms with E-state index in [0.29, 0.717) is 49.4 Å². The second-order valence-electron chi connectivity index (χ2n) is 5.36. The molecule has 1 fully saturated rings. The van der Waals surface area contributed by atoms with Crippen LogP contribution in [-0.4, -0.2) is 41.3 Å². The molecule has 1 saturated heterocycles. The molecule has 0 unspecified atom stereocenters. The van der Waals surface area contributed by atoms with Gasteiger partial charge >= 0.3 is 0 Å². The van der Waals surface area contributed by atoms with Gasteiger partial charge in [0, 0.05) is 25.6 Å². The molecule has 2 amide bonds. The minimum atomic E-state index is -0.0540. The van der Waals surface area contributed by atoms with E-state index in [1.807, 2.05) is 6.92 Å². The lowest BCUT2D eigenvalue weighted by Crippen LogP contribution is -2.43. The Morgan fingerprint density at radius 2 is 2.10 bits per heavy atom. The van der Waals surface area contributed by atoms with Crippen LogP contribution in [0.5, 0.6) is 0 Å². The largest absolute Gasteiger partial charge is 0.397 e. The van der Waals surface area contributed by atoms with Crippen molar-refractivity contribution in [2.75, 3.05) is 25.4 Å². The van der Waals surface area contributed by atoms with Crippen LogP contribution < -0.4 is 11.1 Å². The van der Waals surface area contributed by atoms with E-state index in [9.17, 15) is 9.59 Å². The van der Waals surface area contributed by atoms with Gasteiger partial charge in [0.2, 0.25) is 5.91 Å². The number of carbonyl (C=O) groups excluding carboxylic acids is 2. The molecule has 1 aromatic heterocycles. The van der Waals surface area contributed by atoms with Crippen molar-refractivity contribution < 1.29 is 9.59 Å². The number of nitrogens with zero attached hydrogens (tertiary/aromatic N) is 2. The van der Waals surface area contributed by atoms with Gasteiger partial charge in [0.05, 0.1) is 23.1 Å². The Bertz CT molecular complexity index is 536. The molecule has 1 aliphatic rings. The van der Waals surface area contributed by atoms with E-state index in [1.54, 1.807) is 24.1 Å². The second kappa shape index (κ2) is 6.56. The van der Waals surface area contributed by atoms with E-state index in [2.05, 4.69) is 10.3 Å². The van der Waals surface area contributed by atoms with Crippen molar-refractivity contribution in [3.63, 3.8) is 0 Å². The molecule has 0 atom stereocenters. The summed E-state index contributed by atoms with van der Waals surface area (Å²) >= 11 is 0. The van der Waals surface area contributed by atoms with Crippen LogP contribution >= 0.6 is 0 Å². The highest BCUT2D eigenvalue weighted by molar-refractivity contribution is 5.96. The Labute approximate surface area is 124 Å². The van der Waals surface area contributed by atoms with Crippen LogP contribution in [0.15, 0.2) is 12.3 Å². The van der Waals surface area contributed by atoms with Crippen LogP contribution in [0.4, 0.5) is 5.69 Å². The van der Waals surface area contributed by atoms with Gasteiger partial charge in [-0.2, -0.15) is 0 Å². The average molecular weight is 290 g/mol. The zero-order chi connectivity index (χ0) is 15.4. The Morgan fingerprint density at radius 3 is 2.71 bits per heavy atom. The molecule has 114 valence electrons. The maximum atomic E-state index is 12.5. The number of amides is 2. The fraction of sp³-hybridized carbons (Fsp3) is 0.533. The van der Waals surface area contributed by atoms with E-state index in [-0.39, 0.29) is 17.7 Å². The second-order valence-corrected chi connectivity index (χ2v) is 5.36. The molecule has 0 saturated carbocycles. The summed E-state index contributed by atoms with van der Waals surface area (Å²) in [6.45, 7) is 5.54. The van der Waals surface area contributed by atoms with E-state index in [4.69, 9.17) is 5.73 Å². The number of nitrogens with one attached hydrogen (secondary N) is 1. The first-order chi connectivity index (χ1) is 10.0. The van der Waals surface area contributed by atoms with Crippen LogP contribution in [0, 0.1) is 12.8 Å². The smallest absolute Gasteiger partial charge is 0.255 e. The molecule has 6 heteroatoms. The lowest BCUT2D eigenvalue weighted by Gasteiger charge is -2.31. The highest BCUT2D eigenvalue weighted by atomic mass is 16.2. The van der Waals surface area contributed by atoms with Gasteiger partial charge in [-0.05, 0) is 32.8 Å². The molecule has 0 radical (unpaired) electrons. The lowest BCUT2D eigenvalue weighted by molar-refractivity contribution is -0.126. The summed E-state index contributed by atoms with van der Waals surface area (Å²) in [4.78, 5) is 30.2. The van der Waals surface area contributed by atoms with Crippen LogP contribution in [0.3, 0.4) is 0 Å². The first-order valence-electron chi connectivity index (χ1n) is 7.32. The van der Waals surface area contributed by atoms with Crippen molar-refractivity contribution in [1.29, 1.82) is 0 Å². The Morgan fingerprint density at radius 1 is 1.43 bits per heavy atom. The highest BCUT2D eigenvalue weighted by Crippen LogP contribution is 2.20. The molecule has 2 heterocycles. The van der Waals surface area contributed by atoms with E-state index in [1.165, 1.54) is 0 Å². The number of aromatic nitrogens is 1. The number of anilines is 1. The van der Waals surface area contributed by atoms with E-state index >= 15 is 0 Å². The van der Waals surface area contributed by atoms with Crippen molar-refractivity contribution in [3.8, 4) is 0 Å². The van der Waals surface area contributed by atoms with Gasteiger partial charge in [-0.25, -0.2) is 0 Å². The molecule has 0 aromatic carbocycles. The van der Waals surface area contributed by atoms with Gasteiger partial charge in [0.1, 0.15) is 0 Å². The molecule has 6 nitrogen and oxygen atoms in total. The number of nitrogens with two attached hydrogens (primary N) is 1. The fourth-order valence-electron chi connectivity index (χ4n) is 2.60. The number of likely N-dealkylation sites (tertiary alicyclic amines) is 1. The highest BCUT2D eigenvalue weighted by Gasteiger charge is 2.28. The zero-order valence-electron chi connectivity index (χ0n) is 12.6. The monoisotopic (exact) mass is 290 g/mol. The van der Waals surface area contributed by atoms with Crippen LogP contribution in [0.2, 0.25) is 0 Å². The Hall–Kier alpha value is -2.11. The summed E-state index contributed by atoms with van der Waals surface area (Å²) in [7, 11) is 0. The van der Waals surface area contributed by atoms with Crippen molar-refractivity contribution >= 4 is 17.5 Å². The lowest BCUT2D eigenvalue weighted by atomic mass is 9.95. The standard InChI is InChI=1S/C15H22N4O2/c1-3-17-14(20)11-4-6-19(7-5-11)15(21)13-8-12(16)9-18-10(13)2/h8-9,11H,3-7,16H2,1-2H3,(H,17,20). The van der Waals surface area contributed by atoms with Gasteiger partial charge in [0.25, 0.3) is 5.91 Å². The third-order valence-electron chi connectivity index (χ3n) is 3.84. The number of nitrogen functional groups attached to an aromatic ring is 1. The molecule has 0 spiro atoms. The molecule has 21 heavy (non-hydrogen) atoms. The molecular weight excluding hydrogens is 268 g/mol. The SMILES string of the molecule is CCNC(=O)C1CCN(C(=O)c2cc(N)cnc2C)CC1. The van der Waals surface area contributed by atoms with Gasteiger partial charge in [-0.3, -0.25) is 14.6 Å². The number of aryl methyl sites for hydroxylation is 1. The topological polar surface area (TPSA) is 88.3 Å². The quantitative estimate of drug-likeness (QED) is 0.868. The summed E-state index contributed by atoms with van der Waals surface area (Å²) < 4.78 is 0. The van der Waals surface area contributed by atoms with Gasteiger partial charge in [-0.15, -0.1) is 0 Å². The number of pyridine rings is 1. The first-order valence-corrected chi connectivity index (χ1v) is 7.32. The first kappa shape index (κ1) is 15.3. The summed E-state index contributed by atoms with van der Waals surface area (Å²) in [5.74, 6) is 0.0436. The van der Waals surface area contributed by atoms with Crippen LogP contribution in [0.1, 0.15) is 35.8 Å².